The molecular weight excluding hydrogens is 464 g/mol. The molecule has 0 unspecified atom stereocenters. The van der Waals surface area contributed by atoms with E-state index in [4.69, 9.17) is 15.6 Å². The first kappa shape index (κ1) is 23.3. The summed E-state index contributed by atoms with van der Waals surface area (Å²) in [4.78, 5) is 64.3. The van der Waals surface area contributed by atoms with Gasteiger partial charge in [0.05, 0.1) is 17.7 Å². The van der Waals surface area contributed by atoms with Crippen LogP contribution >= 0.6 is 23.1 Å². The third kappa shape index (κ3) is 4.75. The molecule has 12 nitrogen and oxygen atoms in total. The number of carbonyl (C=O) groups is 5. The Kier molecular flexibility index (Phi) is 6.84. The molecule has 0 bridgehead atoms. The van der Waals surface area contributed by atoms with Crippen LogP contribution in [0.15, 0.2) is 22.7 Å². The Labute approximate surface area is 189 Å². The van der Waals surface area contributed by atoms with Gasteiger partial charge in [0.15, 0.2) is 5.13 Å². The highest BCUT2D eigenvalue weighted by Gasteiger charge is 2.54. The first-order valence-electron chi connectivity index (χ1n) is 9.07. The smallest absolute Gasteiger partial charge is 0.352 e. The molecule has 1 saturated heterocycles. The number of hydrogen-bond donors (Lipinski definition) is 4. The number of nitrogens with two attached hydrogens (primary N) is 1. The molecule has 32 heavy (non-hydrogen) atoms. The van der Waals surface area contributed by atoms with Gasteiger partial charge in [-0.2, -0.15) is 0 Å². The summed E-state index contributed by atoms with van der Waals surface area (Å²) in [6, 6.07) is -1.03. The number of rotatable bonds is 8. The maximum atomic E-state index is 12.8. The van der Waals surface area contributed by atoms with E-state index in [-0.39, 0.29) is 40.0 Å². The molecule has 1 aromatic rings. The van der Waals surface area contributed by atoms with Gasteiger partial charge in [0.1, 0.15) is 23.7 Å². The van der Waals surface area contributed by atoms with Crippen molar-refractivity contribution in [3.8, 4) is 0 Å². The van der Waals surface area contributed by atoms with Gasteiger partial charge in [-0.3, -0.25) is 24.1 Å². The number of ether oxygens (including phenoxy) is 1. The van der Waals surface area contributed by atoms with Crippen LogP contribution in [-0.2, 0) is 28.7 Å². The lowest BCUT2D eigenvalue weighted by molar-refractivity contribution is -0.150. The Hall–Kier alpha value is -3.39. The van der Waals surface area contributed by atoms with Crippen LogP contribution < -0.4 is 11.1 Å². The summed E-state index contributed by atoms with van der Waals surface area (Å²) in [5.41, 5.74) is 5.70. The summed E-state index contributed by atoms with van der Waals surface area (Å²) < 4.78 is 4.87. The minimum Gasteiger partial charge on any atom is -0.481 e. The number of carboxylic acids is 2. The van der Waals surface area contributed by atoms with Crippen molar-refractivity contribution in [2.24, 2.45) is 0 Å². The minimum absolute atomic E-state index is 0.0584. The molecule has 2 atom stereocenters. The molecule has 3 heterocycles. The van der Waals surface area contributed by atoms with Gasteiger partial charge in [-0.25, -0.2) is 9.78 Å². The number of hydrogen-bond acceptors (Lipinski definition) is 10. The number of nitrogens with zero attached hydrogens (tertiary/aromatic N) is 2. The number of aliphatic carboxylic acids is 2. The van der Waals surface area contributed by atoms with Crippen molar-refractivity contribution in [2.75, 3.05) is 18.1 Å². The van der Waals surface area contributed by atoms with Gasteiger partial charge >= 0.3 is 17.9 Å². The van der Waals surface area contributed by atoms with E-state index < -0.39 is 47.6 Å². The van der Waals surface area contributed by atoms with Gasteiger partial charge in [0, 0.05) is 23.6 Å². The highest BCUT2D eigenvalue weighted by atomic mass is 32.2. The second-order valence-corrected chi connectivity index (χ2v) is 8.68. The van der Waals surface area contributed by atoms with Gasteiger partial charge < -0.3 is 26.0 Å². The lowest BCUT2D eigenvalue weighted by atomic mass is 10.0. The quantitative estimate of drug-likeness (QED) is 0.220. The Morgan fingerprint density at radius 2 is 2.09 bits per heavy atom. The first-order valence-corrected chi connectivity index (χ1v) is 11.0. The normalized spacial score (nSPS) is 20.3. The van der Waals surface area contributed by atoms with Crippen LogP contribution in [0.2, 0.25) is 0 Å². The molecule has 2 aliphatic rings. The average molecular weight is 482 g/mol. The summed E-state index contributed by atoms with van der Waals surface area (Å²) in [6.45, 7) is 0.927. The zero-order chi connectivity index (χ0) is 23.6. The van der Waals surface area contributed by atoms with Crippen molar-refractivity contribution >= 4 is 63.5 Å². The number of carbonyl (C=O) groups excluding carboxylic acids is 3. The van der Waals surface area contributed by atoms with Gasteiger partial charge in [-0.1, -0.05) is 6.08 Å². The summed E-state index contributed by atoms with van der Waals surface area (Å²) in [5.74, 6) is -4.30. The zero-order valence-corrected chi connectivity index (χ0v) is 18.2. The SMILES string of the molecule is CC(=O)OCC1=C(C(=O)O)N2C(=O)[C@@H](NC(=O)C(=CCC(=O)O)c3csc(N)n3)[C@@H]2SC1. The van der Waals surface area contributed by atoms with E-state index in [9.17, 15) is 29.1 Å². The van der Waals surface area contributed by atoms with Gasteiger partial charge in [-0.05, 0) is 0 Å². The molecule has 0 aromatic carbocycles. The van der Waals surface area contributed by atoms with Crippen molar-refractivity contribution in [1.29, 1.82) is 0 Å². The average Bonchev–Trinajstić information content (AvgIpc) is 3.15. The number of β-lactam (4-membered cyclic amide) rings is 1. The van der Waals surface area contributed by atoms with Gasteiger partial charge in [-0.15, -0.1) is 23.1 Å². The van der Waals surface area contributed by atoms with Crippen LogP contribution in [0.5, 0.6) is 0 Å². The maximum absolute atomic E-state index is 12.8. The molecule has 5 N–H and O–H groups in total. The highest BCUT2D eigenvalue weighted by molar-refractivity contribution is 8.00. The second-order valence-electron chi connectivity index (χ2n) is 6.69. The molecule has 0 spiro atoms. The number of nitrogen functional groups attached to an aromatic ring is 1. The molecule has 170 valence electrons. The number of esters is 1. The van der Waals surface area contributed by atoms with Crippen LogP contribution in [0, 0.1) is 0 Å². The van der Waals surface area contributed by atoms with E-state index >= 15 is 0 Å². The fourth-order valence-corrected chi connectivity index (χ4v) is 5.01. The molecule has 2 aliphatic heterocycles. The van der Waals surface area contributed by atoms with E-state index in [0.717, 1.165) is 16.2 Å². The van der Waals surface area contributed by atoms with Crippen LogP contribution in [0.1, 0.15) is 19.0 Å². The molecule has 0 aliphatic carbocycles. The standard InChI is InChI=1S/C18H18N4O8S2/c1-7(23)30-4-8-5-31-16-12(15(27)22(16)13(8)17(28)29)21-14(26)9(2-3-11(24)25)10-6-32-18(19)20-10/h2,6,12,16H,3-5H2,1H3,(H2,19,20)(H,21,26)(H,24,25)(H,28,29)/t12-,16+/m1/s1. The monoisotopic (exact) mass is 482 g/mol. The molecule has 1 aromatic heterocycles. The molecule has 1 fully saturated rings. The Balaban J connectivity index is 1.79. The number of anilines is 1. The molecule has 3 rings (SSSR count). The van der Waals surface area contributed by atoms with Gasteiger partial charge in [0.25, 0.3) is 11.8 Å². The van der Waals surface area contributed by atoms with E-state index in [1.54, 1.807) is 0 Å². The number of nitrogens with one attached hydrogen (secondary N) is 1. The summed E-state index contributed by atoms with van der Waals surface area (Å²) in [6.07, 6.45) is 0.718. The largest absolute Gasteiger partial charge is 0.481 e. The van der Waals surface area contributed by atoms with Crippen molar-refractivity contribution in [3.05, 3.63) is 28.4 Å². The molecule has 2 amide bonds. The lowest BCUT2D eigenvalue weighted by Crippen LogP contribution is -2.70. The predicted octanol–water partition coefficient (Wildman–Crippen LogP) is -0.115. The fraction of sp³-hybridized carbons (Fsp3) is 0.333. The van der Waals surface area contributed by atoms with Crippen molar-refractivity contribution in [1.82, 2.24) is 15.2 Å². The van der Waals surface area contributed by atoms with Crippen molar-refractivity contribution in [2.45, 2.75) is 24.8 Å². The number of amides is 2. The summed E-state index contributed by atoms with van der Waals surface area (Å²) in [7, 11) is 0. The third-order valence-corrected chi connectivity index (χ3v) is 6.52. The van der Waals surface area contributed by atoms with Crippen molar-refractivity contribution in [3.63, 3.8) is 0 Å². The zero-order valence-electron chi connectivity index (χ0n) is 16.6. The Morgan fingerprint density at radius 3 is 2.66 bits per heavy atom. The van der Waals surface area contributed by atoms with Crippen molar-refractivity contribution < 1.29 is 38.9 Å². The van der Waals surface area contributed by atoms with Crippen LogP contribution in [0.25, 0.3) is 5.57 Å². The molecule has 0 radical (unpaired) electrons. The van der Waals surface area contributed by atoms with E-state index in [1.165, 1.54) is 30.1 Å². The first-order chi connectivity index (χ1) is 15.1. The number of carboxylic acid groups (broad SMARTS) is 2. The van der Waals surface area contributed by atoms with Crippen LogP contribution in [0.4, 0.5) is 5.13 Å². The van der Waals surface area contributed by atoms with E-state index in [0.29, 0.717) is 0 Å². The predicted molar refractivity (Wildman–Crippen MR) is 113 cm³/mol. The van der Waals surface area contributed by atoms with Crippen LogP contribution in [-0.4, -0.2) is 73.6 Å². The highest BCUT2D eigenvalue weighted by Crippen LogP contribution is 2.40. The fourth-order valence-electron chi connectivity index (χ4n) is 3.12. The van der Waals surface area contributed by atoms with E-state index in [1.807, 2.05) is 0 Å². The van der Waals surface area contributed by atoms with Crippen LogP contribution in [0.3, 0.4) is 0 Å². The molecule has 14 heteroatoms. The summed E-state index contributed by atoms with van der Waals surface area (Å²) in [5, 5.41) is 22.0. The van der Waals surface area contributed by atoms with E-state index in [2.05, 4.69) is 10.3 Å². The number of thiazole rings is 1. The minimum atomic E-state index is -1.35. The molecular formula is C18H18N4O8S2. The molecule has 0 saturated carbocycles. The summed E-state index contributed by atoms with van der Waals surface area (Å²) >= 11 is 2.27. The maximum Gasteiger partial charge on any atom is 0.352 e. The topological polar surface area (TPSA) is 189 Å². The lowest BCUT2D eigenvalue weighted by Gasteiger charge is -2.49. The second kappa shape index (κ2) is 9.40. The number of fused-ring (bicyclic) bond motifs is 1. The number of thioether (sulfide) groups is 1. The Bertz CT molecular complexity index is 1060. The number of aromatic nitrogens is 1. The van der Waals surface area contributed by atoms with Gasteiger partial charge in [0.2, 0.25) is 0 Å². The third-order valence-electron chi connectivity index (χ3n) is 4.51. The Morgan fingerprint density at radius 1 is 1.38 bits per heavy atom.